The zero-order chi connectivity index (χ0) is 24.9. The number of amides is 2. The SMILES string of the molecule is Cc1ccc(NC(=O)COc2cccc(C=C3SC(=Nc4cccc(C)c4C)NC3=O)c2)cc1C. The summed E-state index contributed by atoms with van der Waals surface area (Å²) in [5.74, 6) is 0.107. The van der Waals surface area contributed by atoms with Crippen LogP contribution in [0.25, 0.3) is 6.08 Å². The Hall–Kier alpha value is -3.84. The van der Waals surface area contributed by atoms with Crippen molar-refractivity contribution in [1.82, 2.24) is 5.32 Å². The van der Waals surface area contributed by atoms with Gasteiger partial charge >= 0.3 is 0 Å². The van der Waals surface area contributed by atoms with Crippen LogP contribution in [0.3, 0.4) is 0 Å². The van der Waals surface area contributed by atoms with E-state index in [4.69, 9.17) is 4.74 Å². The number of hydrogen-bond acceptors (Lipinski definition) is 5. The van der Waals surface area contributed by atoms with Crippen molar-refractivity contribution < 1.29 is 14.3 Å². The van der Waals surface area contributed by atoms with Crippen molar-refractivity contribution in [1.29, 1.82) is 0 Å². The van der Waals surface area contributed by atoms with Crippen LogP contribution in [0.15, 0.2) is 70.6 Å². The van der Waals surface area contributed by atoms with Gasteiger partial charge < -0.3 is 15.4 Å². The highest BCUT2D eigenvalue weighted by Crippen LogP contribution is 2.30. The maximum Gasteiger partial charge on any atom is 0.264 e. The summed E-state index contributed by atoms with van der Waals surface area (Å²) < 4.78 is 5.68. The number of carbonyl (C=O) groups is 2. The van der Waals surface area contributed by atoms with Crippen LogP contribution in [0.1, 0.15) is 27.8 Å². The first kappa shape index (κ1) is 24.3. The second-order valence-corrected chi connectivity index (χ2v) is 9.44. The molecule has 6 nitrogen and oxygen atoms in total. The number of benzene rings is 3. The van der Waals surface area contributed by atoms with E-state index < -0.39 is 0 Å². The van der Waals surface area contributed by atoms with Gasteiger partial charge in [0.2, 0.25) is 0 Å². The Balaban J connectivity index is 1.40. The van der Waals surface area contributed by atoms with Gasteiger partial charge in [-0.05, 0) is 104 Å². The van der Waals surface area contributed by atoms with Gasteiger partial charge in [0.15, 0.2) is 11.8 Å². The van der Waals surface area contributed by atoms with Crippen molar-refractivity contribution in [3.63, 3.8) is 0 Å². The number of aryl methyl sites for hydroxylation is 3. The van der Waals surface area contributed by atoms with E-state index in [1.807, 2.05) is 76.2 Å². The average Bonchev–Trinajstić information content (AvgIpc) is 3.16. The van der Waals surface area contributed by atoms with Crippen LogP contribution in [0.2, 0.25) is 0 Å². The number of hydrogen-bond donors (Lipinski definition) is 2. The highest BCUT2D eigenvalue weighted by Gasteiger charge is 2.24. The molecule has 2 amide bonds. The zero-order valence-electron chi connectivity index (χ0n) is 20.1. The van der Waals surface area contributed by atoms with Gasteiger partial charge in [0.1, 0.15) is 5.75 Å². The summed E-state index contributed by atoms with van der Waals surface area (Å²) in [7, 11) is 0. The van der Waals surface area contributed by atoms with Crippen molar-refractivity contribution >= 4 is 46.2 Å². The number of nitrogens with zero attached hydrogens (tertiary/aromatic N) is 1. The molecule has 0 unspecified atom stereocenters. The molecule has 1 saturated heterocycles. The molecular weight excluding hydrogens is 458 g/mol. The summed E-state index contributed by atoms with van der Waals surface area (Å²) in [5, 5.41) is 6.22. The van der Waals surface area contributed by atoms with Crippen molar-refractivity contribution in [2.45, 2.75) is 27.7 Å². The number of rotatable bonds is 6. The molecule has 0 aliphatic carbocycles. The van der Waals surface area contributed by atoms with Crippen LogP contribution in [-0.2, 0) is 9.59 Å². The fourth-order valence-electron chi connectivity index (χ4n) is 3.46. The van der Waals surface area contributed by atoms with Gasteiger partial charge in [-0.25, -0.2) is 4.99 Å². The fourth-order valence-corrected chi connectivity index (χ4v) is 4.29. The molecule has 1 aliphatic rings. The van der Waals surface area contributed by atoms with E-state index in [9.17, 15) is 9.59 Å². The van der Waals surface area contributed by atoms with Crippen LogP contribution in [0, 0.1) is 27.7 Å². The Kier molecular flexibility index (Phi) is 7.36. The van der Waals surface area contributed by atoms with Gasteiger partial charge in [-0.15, -0.1) is 0 Å². The molecule has 3 aromatic carbocycles. The Labute approximate surface area is 209 Å². The molecule has 1 fully saturated rings. The highest BCUT2D eigenvalue weighted by atomic mass is 32.2. The number of anilines is 1. The molecule has 1 aliphatic heterocycles. The number of thioether (sulfide) groups is 1. The molecule has 4 rings (SSSR count). The Morgan fingerprint density at radius 3 is 2.60 bits per heavy atom. The van der Waals surface area contributed by atoms with E-state index in [-0.39, 0.29) is 18.4 Å². The highest BCUT2D eigenvalue weighted by molar-refractivity contribution is 8.18. The predicted molar refractivity (Wildman–Crippen MR) is 143 cm³/mol. The summed E-state index contributed by atoms with van der Waals surface area (Å²) in [5.41, 5.74) is 6.88. The smallest absolute Gasteiger partial charge is 0.264 e. The monoisotopic (exact) mass is 485 g/mol. The van der Waals surface area contributed by atoms with Crippen molar-refractivity contribution in [2.75, 3.05) is 11.9 Å². The first-order valence-electron chi connectivity index (χ1n) is 11.2. The molecule has 2 N–H and O–H groups in total. The molecule has 3 aromatic rings. The lowest BCUT2D eigenvalue weighted by molar-refractivity contribution is -0.118. The van der Waals surface area contributed by atoms with Crippen molar-refractivity contribution in [2.24, 2.45) is 4.99 Å². The maximum atomic E-state index is 12.5. The largest absolute Gasteiger partial charge is 0.484 e. The third kappa shape index (κ3) is 6.19. The van der Waals surface area contributed by atoms with Gasteiger partial charge in [-0.1, -0.05) is 30.3 Å². The quantitative estimate of drug-likeness (QED) is 0.431. The minimum Gasteiger partial charge on any atom is -0.484 e. The van der Waals surface area contributed by atoms with Crippen LogP contribution < -0.4 is 15.4 Å². The molecule has 0 saturated carbocycles. The van der Waals surface area contributed by atoms with Crippen LogP contribution in [0.5, 0.6) is 5.75 Å². The second kappa shape index (κ2) is 10.6. The normalized spacial score (nSPS) is 15.4. The molecule has 0 radical (unpaired) electrons. The predicted octanol–water partition coefficient (Wildman–Crippen LogP) is 5.83. The first-order valence-corrected chi connectivity index (χ1v) is 12.1. The van der Waals surface area contributed by atoms with E-state index in [2.05, 4.69) is 15.6 Å². The second-order valence-electron chi connectivity index (χ2n) is 8.41. The van der Waals surface area contributed by atoms with E-state index in [0.29, 0.717) is 15.8 Å². The Morgan fingerprint density at radius 2 is 1.80 bits per heavy atom. The summed E-state index contributed by atoms with van der Waals surface area (Å²) >= 11 is 1.30. The summed E-state index contributed by atoms with van der Waals surface area (Å²) in [6.07, 6.45) is 1.79. The van der Waals surface area contributed by atoms with E-state index in [1.54, 1.807) is 18.2 Å². The van der Waals surface area contributed by atoms with Gasteiger partial charge in [0, 0.05) is 5.69 Å². The fraction of sp³-hybridized carbons (Fsp3) is 0.179. The molecular formula is C28H27N3O3S. The van der Waals surface area contributed by atoms with Gasteiger partial charge in [-0.3, -0.25) is 9.59 Å². The van der Waals surface area contributed by atoms with Crippen molar-refractivity contribution in [3.05, 3.63) is 93.4 Å². The third-order valence-electron chi connectivity index (χ3n) is 5.77. The summed E-state index contributed by atoms with van der Waals surface area (Å²) in [6.45, 7) is 7.96. The molecule has 178 valence electrons. The van der Waals surface area contributed by atoms with Gasteiger partial charge in [-0.2, -0.15) is 0 Å². The zero-order valence-corrected chi connectivity index (χ0v) is 21.0. The van der Waals surface area contributed by atoms with Gasteiger partial charge in [0.25, 0.3) is 11.8 Å². The molecule has 0 aromatic heterocycles. The molecule has 1 heterocycles. The lowest BCUT2D eigenvalue weighted by atomic mass is 10.1. The number of aliphatic imine (C=N–C) groups is 1. The maximum absolute atomic E-state index is 12.5. The molecule has 7 heteroatoms. The minimum atomic E-state index is -0.241. The average molecular weight is 486 g/mol. The number of ether oxygens (including phenoxy) is 1. The Morgan fingerprint density at radius 1 is 1.00 bits per heavy atom. The standard InChI is InChI=1S/C28H27N3O3S/c1-17-11-12-22(13-19(17)3)29-26(32)16-34-23-9-6-8-21(14-23)15-25-27(33)31-28(35-25)30-24-10-5-7-18(2)20(24)4/h5-15H,16H2,1-4H3,(H,29,32)(H,30,31,33). The minimum absolute atomic E-state index is 0.116. The van der Waals surface area contributed by atoms with E-state index in [0.717, 1.165) is 33.6 Å². The number of carbonyl (C=O) groups excluding carboxylic acids is 2. The van der Waals surface area contributed by atoms with E-state index >= 15 is 0 Å². The number of amidine groups is 1. The topological polar surface area (TPSA) is 79.8 Å². The van der Waals surface area contributed by atoms with Crippen molar-refractivity contribution in [3.8, 4) is 5.75 Å². The van der Waals surface area contributed by atoms with Gasteiger partial charge in [0.05, 0.1) is 10.6 Å². The third-order valence-corrected chi connectivity index (χ3v) is 6.68. The van der Waals surface area contributed by atoms with Crippen LogP contribution in [0.4, 0.5) is 11.4 Å². The lowest BCUT2D eigenvalue weighted by Crippen LogP contribution is -2.20. The Bertz CT molecular complexity index is 1360. The molecule has 0 atom stereocenters. The molecule has 0 bridgehead atoms. The summed E-state index contributed by atoms with van der Waals surface area (Å²) in [4.78, 5) is 29.9. The van der Waals surface area contributed by atoms with Crippen LogP contribution in [-0.4, -0.2) is 23.6 Å². The first-order chi connectivity index (χ1) is 16.8. The van der Waals surface area contributed by atoms with E-state index in [1.165, 1.54) is 17.3 Å². The summed E-state index contributed by atoms with van der Waals surface area (Å²) in [6, 6.07) is 19.0. The number of nitrogens with one attached hydrogen (secondary N) is 2. The van der Waals surface area contributed by atoms with Crippen LogP contribution >= 0.6 is 11.8 Å². The molecule has 0 spiro atoms. The molecule has 35 heavy (non-hydrogen) atoms. The lowest BCUT2D eigenvalue weighted by Gasteiger charge is -2.09.